The lowest BCUT2D eigenvalue weighted by atomic mass is 10.0. The number of carbonyl (C=O) groups is 1. The Bertz CT molecular complexity index is 669. The third-order valence-electron chi connectivity index (χ3n) is 4.25. The third-order valence-corrected chi connectivity index (χ3v) is 4.25. The van der Waals surface area contributed by atoms with E-state index in [4.69, 9.17) is 9.47 Å². The molecule has 5 nitrogen and oxygen atoms in total. The van der Waals surface area contributed by atoms with Gasteiger partial charge in [-0.1, -0.05) is 30.3 Å². The maximum atomic E-state index is 12.2. The molecule has 1 saturated carbocycles. The number of hydrogen-bond donors (Lipinski definition) is 2. The van der Waals surface area contributed by atoms with Crippen LogP contribution < -0.4 is 20.1 Å². The first kappa shape index (κ1) is 17.1. The Balaban J connectivity index is 1.46. The number of carbonyl (C=O) groups excluding carboxylic acids is 1. The van der Waals surface area contributed by atoms with Crippen LogP contribution in [0.5, 0.6) is 11.5 Å². The Morgan fingerprint density at radius 1 is 1.08 bits per heavy atom. The van der Waals surface area contributed by atoms with Crippen molar-refractivity contribution in [2.45, 2.75) is 18.9 Å². The summed E-state index contributed by atoms with van der Waals surface area (Å²) in [4.78, 5) is 12.2. The molecule has 25 heavy (non-hydrogen) atoms. The van der Waals surface area contributed by atoms with Crippen molar-refractivity contribution in [2.75, 3.05) is 20.3 Å². The van der Waals surface area contributed by atoms with E-state index in [9.17, 15) is 4.79 Å². The second-order valence-electron chi connectivity index (χ2n) is 6.15. The SMILES string of the molecule is COc1ccc(C(NC(=O)NCCOc2ccccc2)C2CC2)cc1. The molecule has 3 rings (SSSR count). The smallest absolute Gasteiger partial charge is 0.315 e. The minimum absolute atomic E-state index is 0.0425. The number of para-hydroxylation sites is 1. The molecule has 132 valence electrons. The largest absolute Gasteiger partial charge is 0.497 e. The molecule has 1 aliphatic rings. The van der Waals surface area contributed by atoms with Gasteiger partial charge in [0, 0.05) is 0 Å². The number of nitrogens with one attached hydrogen (secondary N) is 2. The standard InChI is InChI=1S/C20H24N2O3/c1-24-17-11-9-16(10-12-17)19(15-7-8-15)22-20(23)21-13-14-25-18-5-3-2-4-6-18/h2-6,9-12,15,19H,7-8,13-14H2,1H3,(H2,21,22,23). The summed E-state index contributed by atoms with van der Waals surface area (Å²) in [5, 5.41) is 5.94. The molecule has 0 bridgehead atoms. The van der Waals surface area contributed by atoms with Gasteiger partial charge in [-0.05, 0) is 48.6 Å². The fourth-order valence-electron chi connectivity index (χ4n) is 2.76. The Labute approximate surface area is 148 Å². The zero-order valence-electron chi connectivity index (χ0n) is 14.4. The lowest BCUT2D eigenvalue weighted by Gasteiger charge is -2.19. The predicted octanol–water partition coefficient (Wildman–Crippen LogP) is 3.52. The van der Waals surface area contributed by atoms with Gasteiger partial charge in [0.15, 0.2) is 0 Å². The highest BCUT2D eigenvalue weighted by atomic mass is 16.5. The van der Waals surface area contributed by atoms with Crippen LogP contribution in [0.3, 0.4) is 0 Å². The molecule has 2 N–H and O–H groups in total. The maximum Gasteiger partial charge on any atom is 0.315 e. The van der Waals surface area contributed by atoms with Gasteiger partial charge in [0.05, 0.1) is 19.7 Å². The number of benzene rings is 2. The van der Waals surface area contributed by atoms with E-state index in [1.54, 1.807) is 7.11 Å². The summed E-state index contributed by atoms with van der Waals surface area (Å²) in [5.41, 5.74) is 1.11. The minimum atomic E-state index is -0.163. The molecular formula is C20H24N2O3. The molecule has 5 heteroatoms. The van der Waals surface area contributed by atoms with Crippen LogP contribution in [-0.4, -0.2) is 26.3 Å². The van der Waals surface area contributed by atoms with Crippen LogP contribution in [0.2, 0.25) is 0 Å². The maximum absolute atomic E-state index is 12.2. The summed E-state index contributed by atoms with van der Waals surface area (Å²) in [6.45, 7) is 0.898. The average molecular weight is 340 g/mol. The van der Waals surface area contributed by atoms with Crippen molar-refractivity contribution in [1.29, 1.82) is 0 Å². The molecule has 1 unspecified atom stereocenters. The van der Waals surface area contributed by atoms with Crippen LogP contribution in [0, 0.1) is 5.92 Å². The van der Waals surface area contributed by atoms with Gasteiger partial charge in [0.25, 0.3) is 0 Å². The summed E-state index contributed by atoms with van der Waals surface area (Å²) in [7, 11) is 1.65. The molecule has 0 saturated heterocycles. The first-order valence-electron chi connectivity index (χ1n) is 8.62. The van der Waals surface area contributed by atoms with Gasteiger partial charge >= 0.3 is 6.03 Å². The number of hydrogen-bond acceptors (Lipinski definition) is 3. The van der Waals surface area contributed by atoms with Crippen molar-refractivity contribution in [1.82, 2.24) is 10.6 Å². The highest BCUT2D eigenvalue weighted by molar-refractivity contribution is 5.74. The predicted molar refractivity (Wildman–Crippen MR) is 96.9 cm³/mol. The number of urea groups is 1. The van der Waals surface area contributed by atoms with E-state index >= 15 is 0 Å². The lowest BCUT2D eigenvalue weighted by molar-refractivity contribution is 0.231. The third kappa shape index (κ3) is 5.14. The number of amides is 2. The molecule has 0 spiro atoms. The highest BCUT2D eigenvalue weighted by Gasteiger charge is 2.33. The summed E-state index contributed by atoms with van der Waals surface area (Å²) in [5.74, 6) is 2.14. The van der Waals surface area contributed by atoms with E-state index in [2.05, 4.69) is 10.6 Å². The number of methoxy groups -OCH3 is 1. The molecule has 0 aliphatic heterocycles. The first-order valence-corrected chi connectivity index (χ1v) is 8.62. The van der Waals surface area contributed by atoms with Crippen molar-refractivity contribution >= 4 is 6.03 Å². The van der Waals surface area contributed by atoms with Gasteiger partial charge in [0.1, 0.15) is 18.1 Å². The molecule has 2 aromatic rings. The van der Waals surface area contributed by atoms with Gasteiger partial charge in [-0.15, -0.1) is 0 Å². The topological polar surface area (TPSA) is 59.6 Å². The van der Waals surface area contributed by atoms with Crippen LogP contribution in [0.4, 0.5) is 4.79 Å². The van der Waals surface area contributed by atoms with Gasteiger partial charge < -0.3 is 20.1 Å². The zero-order valence-corrected chi connectivity index (χ0v) is 14.4. The summed E-state index contributed by atoms with van der Waals surface area (Å²) in [6.07, 6.45) is 2.29. The van der Waals surface area contributed by atoms with Crippen LogP contribution >= 0.6 is 0 Å². The molecule has 0 radical (unpaired) electrons. The van der Waals surface area contributed by atoms with Gasteiger partial charge in [-0.3, -0.25) is 0 Å². The number of ether oxygens (including phenoxy) is 2. The minimum Gasteiger partial charge on any atom is -0.497 e. The summed E-state index contributed by atoms with van der Waals surface area (Å²) >= 11 is 0. The van der Waals surface area contributed by atoms with Crippen molar-refractivity contribution in [3.8, 4) is 11.5 Å². The fourth-order valence-corrected chi connectivity index (χ4v) is 2.76. The highest BCUT2D eigenvalue weighted by Crippen LogP contribution is 2.41. The normalized spacial score (nSPS) is 14.4. The van der Waals surface area contributed by atoms with Gasteiger partial charge in [0.2, 0.25) is 0 Å². The second-order valence-corrected chi connectivity index (χ2v) is 6.15. The van der Waals surface area contributed by atoms with E-state index < -0.39 is 0 Å². The molecule has 2 aromatic carbocycles. The quantitative estimate of drug-likeness (QED) is 0.723. The Morgan fingerprint density at radius 2 is 1.80 bits per heavy atom. The van der Waals surface area contributed by atoms with Crippen molar-refractivity contribution in [2.24, 2.45) is 5.92 Å². The molecule has 1 fully saturated rings. The van der Waals surface area contributed by atoms with Crippen molar-refractivity contribution in [3.05, 3.63) is 60.2 Å². The fraction of sp³-hybridized carbons (Fsp3) is 0.350. The van der Waals surface area contributed by atoms with Crippen LogP contribution in [0.25, 0.3) is 0 Å². The van der Waals surface area contributed by atoms with E-state index in [1.807, 2.05) is 54.6 Å². The first-order chi connectivity index (χ1) is 12.3. The molecule has 1 aliphatic carbocycles. The summed E-state index contributed by atoms with van der Waals surface area (Å²) in [6, 6.07) is 17.3. The molecule has 2 amide bonds. The average Bonchev–Trinajstić information content (AvgIpc) is 3.49. The van der Waals surface area contributed by atoms with Gasteiger partial charge in [-0.25, -0.2) is 4.79 Å². The van der Waals surface area contributed by atoms with E-state index in [-0.39, 0.29) is 12.1 Å². The molecular weight excluding hydrogens is 316 g/mol. The van der Waals surface area contributed by atoms with Crippen LogP contribution in [0.15, 0.2) is 54.6 Å². The zero-order chi connectivity index (χ0) is 17.5. The van der Waals surface area contributed by atoms with E-state index in [0.717, 1.165) is 29.9 Å². The van der Waals surface area contributed by atoms with Crippen LogP contribution in [0.1, 0.15) is 24.4 Å². The second kappa shape index (κ2) is 8.42. The van der Waals surface area contributed by atoms with E-state index in [0.29, 0.717) is 19.1 Å². The Kier molecular flexibility index (Phi) is 5.77. The monoisotopic (exact) mass is 340 g/mol. The molecule has 1 atom stereocenters. The lowest BCUT2D eigenvalue weighted by Crippen LogP contribution is -2.40. The molecule has 0 aromatic heterocycles. The van der Waals surface area contributed by atoms with E-state index in [1.165, 1.54) is 0 Å². The summed E-state index contributed by atoms with van der Waals surface area (Å²) < 4.78 is 10.8. The van der Waals surface area contributed by atoms with Crippen molar-refractivity contribution < 1.29 is 14.3 Å². The van der Waals surface area contributed by atoms with Crippen LogP contribution in [-0.2, 0) is 0 Å². The number of rotatable bonds is 8. The molecule has 0 heterocycles. The van der Waals surface area contributed by atoms with Crippen molar-refractivity contribution in [3.63, 3.8) is 0 Å². The Morgan fingerprint density at radius 3 is 2.44 bits per heavy atom. The Hall–Kier alpha value is -2.69. The van der Waals surface area contributed by atoms with Gasteiger partial charge in [-0.2, -0.15) is 0 Å².